The minimum absolute atomic E-state index is 0.311. The predicted molar refractivity (Wildman–Crippen MR) is 90.1 cm³/mol. The Bertz CT molecular complexity index is 502. The van der Waals surface area contributed by atoms with Crippen molar-refractivity contribution in [2.75, 3.05) is 19.1 Å². The maximum atomic E-state index is 11.9. The van der Waals surface area contributed by atoms with E-state index in [2.05, 4.69) is 21.2 Å². The van der Waals surface area contributed by atoms with Gasteiger partial charge in [-0.1, -0.05) is 28.1 Å². The monoisotopic (exact) mass is 371 g/mol. The summed E-state index contributed by atoms with van der Waals surface area (Å²) in [4.78, 5) is 23.4. The van der Waals surface area contributed by atoms with Gasteiger partial charge in [0.15, 0.2) is 0 Å². The van der Waals surface area contributed by atoms with Crippen LogP contribution in [0.5, 0.6) is 0 Å². The highest BCUT2D eigenvalue weighted by molar-refractivity contribution is 9.10. The molecule has 0 unspecified atom stereocenters. The summed E-state index contributed by atoms with van der Waals surface area (Å²) in [5, 5.41) is 2.66. The molecule has 0 aromatic heterocycles. The van der Waals surface area contributed by atoms with Gasteiger partial charge in [-0.05, 0) is 42.2 Å². The summed E-state index contributed by atoms with van der Waals surface area (Å²) in [5.41, 5.74) is 0.909. The highest BCUT2D eigenvalue weighted by Crippen LogP contribution is 2.11. The molecule has 0 aliphatic heterocycles. The number of rotatable bonds is 7. The molecular formula is C15H18BrNO3S. The van der Waals surface area contributed by atoms with Crippen molar-refractivity contribution in [1.29, 1.82) is 0 Å². The van der Waals surface area contributed by atoms with Crippen LogP contribution in [0.3, 0.4) is 0 Å². The molecule has 114 valence electrons. The summed E-state index contributed by atoms with van der Waals surface area (Å²) in [6.07, 6.45) is 5.61. The second-order valence-electron chi connectivity index (χ2n) is 4.25. The van der Waals surface area contributed by atoms with Crippen LogP contribution in [0.25, 0.3) is 6.08 Å². The van der Waals surface area contributed by atoms with Gasteiger partial charge in [-0.25, -0.2) is 4.79 Å². The van der Waals surface area contributed by atoms with Crippen molar-refractivity contribution in [3.05, 3.63) is 40.4 Å². The fraction of sp³-hybridized carbons (Fsp3) is 0.333. The van der Waals surface area contributed by atoms with Gasteiger partial charge in [0, 0.05) is 10.5 Å². The van der Waals surface area contributed by atoms with Crippen LogP contribution in [-0.4, -0.2) is 37.0 Å². The SMILES string of the molecule is COC(=O)[C@H](CCSC)NC(=O)/C=C/c1ccc(Br)cc1. The highest BCUT2D eigenvalue weighted by atomic mass is 79.9. The lowest BCUT2D eigenvalue weighted by molar-refractivity contribution is -0.144. The molecule has 0 fully saturated rings. The van der Waals surface area contributed by atoms with Gasteiger partial charge >= 0.3 is 5.97 Å². The van der Waals surface area contributed by atoms with Crippen molar-refractivity contribution in [2.45, 2.75) is 12.5 Å². The van der Waals surface area contributed by atoms with Gasteiger partial charge in [-0.3, -0.25) is 4.79 Å². The summed E-state index contributed by atoms with van der Waals surface area (Å²) in [7, 11) is 1.32. The third-order valence-corrected chi connectivity index (χ3v) is 3.88. The van der Waals surface area contributed by atoms with Crippen molar-refractivity contribution >= 4 is 45.6 Å². The van der Waals surface area contributed by atoms with E-state index in [4.69, 9.17) is 4.74 Å². The van der Waals surface area contributed by atoms with Crippen LogP contribution in [-0.2, 0) is 14.3 Å². The Hall–Kier alpha value is -1.27. The van der Waals surface area contributed by atoms with Gasteiger partial charge in [0.2, 0.25) is 5.91 Å². The first-order chi connectivity index (χ1) is 10.1. The molecule has 21 heavy (non-hydrogen) atoms. The number of amides is 1. The quantitative estimate of drug-likeness (QED) is 0.591. The number of carbonyl (C=O) groups is 2. The summed E-state index contributed by atoms with van der Waals surface area (Å²) in [6, 6.07) is 6.96. The number of carbonyl (C=O) groups excluding carboxylic acids is 2. The Labute approximate surface area is 137 Å². The van der Waals surface area contributed by atoms with Gasteiger partial charge < -0.3 is 10.1 Å². The van der Waals surface area contributed by atoms with Crippen molar-refractivity contribution < 1.29 is 14.3 Å². The molecule has 0 heterocycles. The van der Waals surface area contributed by atoms with Crippen LogP contribution in [0.2, 0.25) is 0 Å². The topological polar surface area (TPSA) is 55.4 Å². The highest BCUT2D eigenvalue weighted by Gasteiger charge is 2.19. The lowest BCUT2D eigenvalue weighted by Crippen LogP contribution is -2.41. The Morgan fingerprint density at radius 1 is 1.38 bits per heavy atom. The second-order valence-corrected chi connectivity index (χ2v) is 6.15. The van der Waals surface area contributed by atoms with E-state index in [0.29, 0.717) is 6.42 Å². The summed E-state index contributed by atoms with van der Waals surface area (Å²) in [6.45, 7) is 0. The van der Waals surface area contributed by atoms with Crippen LogP contribution < -0.4 is 5.32 Å². The van der Waals surface area contributed by atoms with Crippen molar-refractivity contribution in [3.8, 4) is 0 Å². The first kappa shape index (κ1) is 17.8. The minimum Gasteiger partial charge on any atom is -0.467 e. The molecule has 4 nitrogen and oxygen atoms in total. The third-order valence-electron chi connectivity index (χ3n) is 2.71. The molecule has 1 rings (SSSR count). The number of nitrogens with one attached hydrogen (secondary N) is 1. The van der Waals surface area contributed by atoms with E-state index in [-0.39, 0.29) is 5.91 Å². The molecule has 0 aliphatic rings. The molecule has 1 amide bonds. The molecule has 0 aliphatic carbocycles. The zero-order valence-electron chi connectivity index (χ0n) is 12.0. The molecule has 1 atom stereocenters. The van der Waals surface area contributed by atoms with E-state index >= 15 is 0 Å². The van der Waals surface area contributed by atoms with Crippen LogP contribution >= 0.6 is 27.7 Å². The molecule has 0 bridgehead atoms. The first-order valence-corrected chi connectivity index (χ1v) is 8.56. The van der Waals surface area contributed by atoms with E-state index in [1.165, 1.54) is 13.2 Å². The molecule has 0 spiro atoms. The Balaban J connectivity index is 2.60. The summed E-state index contributed by atoms with van der Waals surface area (Å²) < 4.78 is 5.67. The number of thioether (sulfide) groups is 1. The molecule has 1 aromatic carbocycles. The largest absolute Gasteiger partial charge is 0.467 e. The number of hydrogen-bond acceptors (Lipinski definition) is 4. The maximum absolute atomic E-state index is 11.9. The van der Waals surface area contributed by atoms with E-state index in [0.717, 1.165) is 15.8 Å². The summed E-state index contributed by atoms with van der Waals surface area (Å²) >= 11 is 4.96. The van der Waals surface area contributed by atoms with Crippen molar-refractivity contribution in [1.82, 2.24) is 5.32 Å². The lowest BCUT2D eigenvalue weighted by atomic mass is 10.2. The Kier molecular flexibility index (Phi) is 8.15. The van der Waals surface area contributed by atoms with Crippen molar-refractivity contribution in [3.63, 3.8) is 0 Å². The van der Waals surface area contributed by atoms with E-state index in [1.54, 1.807) is 17.8 Å². The second kappa shape index (κ2) is 9.63. The van der Waals surface area contributed by atoms with Gasteiger partial charge in [0.05, 0.1) is 7.11 Å². The molecule has 6 heteroatoms. The minimum atomic E-state index is -0.607. The van der Waals surface area contributed by atoms with Crippen LogP contribution in [0, 0.1) is 0 Å². The molecular weight excluding hydrogens is 354 g/mol. The predicted octanol–water partition coefficient (Wildman–Crippen LogP) is 2.87. The molecule has 0 radical (unpaired) electrons. The van der Waals surface area contributed by atoms with Crippen LogP contribution in [0.4, 0.5) is 0 Å². The molecule has 0 saturated heterocycles. The number of benzene rings is 1. The normalized spacial score (nSPS) is 12.1. The lowest BCUT2D eigenvalue weighted by Gasteiger charge is -2.14. The van der Waals surface area contributed by atoms with E-state index in [9.17, 15) is 9.59 Å². The zero-order chi connectivity index (χ0) is 15.7. The fourth-order valence-corrected chi connectivity index (χ4v) is 2.33. The van der Waals surface area contributed by atoms with Crippen LogP contribution in [0.1, 0.15) is 12.0 Å². The fourth-order valence-electron chi connectivity index (χ4n) is 1.59. The molecule has 1 N–H and O–H groups in total. The van der Waals surface area contributed by atoms with Gasteiger partial charge in [0.25, 0.3) is 0 Å². The maximum Gasteiger partial charge on any atom is 0.328 e. The number of esters is 1. The Morgan fingerprint density at radius 2 is 2.05 bits per heavy atom. The zero-order valence-corrected chi connectivity index (χ0v) is 14.4. The average molecular weight is 372 g/mol. The van der Waals surface area contributed by atoms with Gasteiger partial charge in [-0.15, -0.1) is 0 Å². The Morgan fingerprint density at radius 3 is 2.62 bits per heavy atom. The number of ether oxygens (including phenoxy) is 1. The number of methoxy groups -OCH3 is 1. The van der Waals surface area contributed by atoms with Crippen molar-refractivity contribution in [2.24, 2.45) is 0 Å². The number of hydrogen-bond donors (Lipinski definition) is 1. The average Bonchev–Trinajstić information content (AvgIpc) is 2.50. The van der Waals surface area contributed by atoms with Gasteiger partial charge in [-0.2, -0.15) is 11.8 Å². The standard InChI is InChI=1S/C15H18BrNO3S/c1-20-15(19)13(9-10-21-2)17-14(18)8-5-11-3-6-12(16)7-4-11/h3-8,13H,9-10H2,1-2H3,(H,17,18)/b8-5+/t13-/m0/s1. The van der Waals surface area contributed by atoms with Gasteiger partial charge in [0.1, 0.15) is 6.04 Å². The van der Waals surface area contributed by atoms with Crippen LogP contribution in [0.15, 0.2) is 34.8 Å². The smallest absolute Gasteiger partial charge is 0.328 e. The van der Waals surface area contributed by atoms with E-state index in [1.807, 2.05) is 30.5 Å². The molecule has 0 saturated carbocycles. The molecule has 1 aromatic rings. The summed E-state index contributed by atoms with van der Waals surface area (Å²) in [5.74, 6) is 0.0417. The first-order valence-electron chi connectivity index (χ1n) is 6.37. The third kappa shape index (κ3) is 6.82. The number of halogens is 1. The van der Waals surface area contributed by atoms with E-state index < -0.39 is 12.0 Å².